The molecule has 3 fully saturated rings. The van der Waals surface area contributed by atoms with Gasteiger partial charge in [0.2, 0.25) is 0 Å². The number of hydrogen-bond acceptors (Lipinski definition) is 18. The van der Waals surface area contributed by atoms with Crippen molar-refractivity contribution < 1.29 is 55.7 Å². The molecule has 0 radical (unpaired) electrons. The van der Waals surface area contributed by atoms with E-state index in [9.17, 15) is 0 Å². The quantitative estimate of drug-likeness (QED) is 0.0581. The van der Waals surface area contributed by atoms with Crippen LogP contribution in [0.3, 0.4) is 0 Å². The SMILES string of the molecule is CC1(C)OB(B2OC(C)(C)C(C)(C)O2)OC1(C)C.COCCOc1cc(B2OC(C)(C)C(C)(C)O2)cc2c1cnn2-c1cncc(CO[Si](C)(C)C(C)(C)C)n1.COCCOc1cc(Br)cc2c1cnn2-c1cncc(CO[Si](C)(C)C(C)(C)C)n1. The molecule has 0 N–H and O–H groups in total. The fourth-order valence-electron chi connectivity index (χ4n) is 8.44. The number of nitrogens with zero attached hydrogens (tertiary/aromatic N) is 8. The van der Waals surface area contributed by atoms with Crippen molar-refractivity contribution in [3.8, 4) is 23.1 Å². The second-order valence-corrected chi connectivity index (χ2v) is 38.8. The van der Waals surface area contributed by atoms with Gasteiger partial charge < -0.3 is 55.7 Å². The standard InChI is InChI=1S/C27H41BN4O5Si.C21H29BrN4O3Si.C12H24B2O4/c1-25(2,3)38(9,10)35-18-20-15-29-17-24(31-20)32-22-13-19(28-36-26(4,5)27(6,7)37-28)14-23(21(22)16-30-32)34-12-11-33-8;1-21(2,3)30(5,6)29-14-16-11-23-13-20(25-16)26-18-9-15(22)10-19(17(18)12-24-26)28-8-7-27-4;1-9(2)10(3,4)16-13(15-9)14-17-11(5,6)12(7,8)18-14/h13-17H,11-12,18H2,1-10H3;9-13H,7-8,14H2,1-6H3;1-8H3. The van der Waals surface area contributed by atoms with Crippen LogP contribution < -0.4 is 14.9 Å². The third-order valence-electron chi connectivity index (χ3n) is 18.2. The summed E-state index contributed by atoms with van der Waals surface area (Å²) in [6.45, 7) is 49.3. The van der Waals surface area contributed by atoms with Gasteiger partial charge in [0.1, 0.15) is 24.7 Å². The van der Waals surface area contributed by atoms with Gasteiger partial charge in [0.05, 0.1) is 130 Å². The Kier molecular flexibility index (Phi) is 20.9. The highest BCUT2D eigenvalue weighted by Crippen LogP contribution is 2.44. The van der Waals surface area contributed by atoms with E-state index in [4.69, 9.17) is 65.7 Å². The van der Waals surface area contributed by atoms with E-state index in [0.717, 1.165) is 48.9 Å². The van der Waals surface area contributed by atoms with Crippen molar-refractivity contribution in [1.29, 1.82) is 0 Å². The summed E-state index contributed by atoms with van der Waals surface area (Å²) in [7, 11) is -2.00. The molecule has 0 aliphatic carbocycles. The van der Waals surface area contributed by atoms with Crippen LogP contribution in [0.4, 0.5) is 0 Å². The number of fused-ring (bicyclic) bond motifs is 2. The molecular formula is C60H94B3BrN8O12Si2. The maximum Gasteiger partial charge on any atom is 0.495 e. The van der Waals surface area contributed by atoms with Crippen molar-refractivity contribution in [2.75, 3.05) is 40.6 Å². The van der Waals surface area contributed by atoms with E-state index in [1.807, 2.05) is 107 Å². The molecule has 0 bridgehead atoms. The van der Waals surface area contributed by atoms with Crippen molar-refractivity contribution in [2.45, 2.75) is 208 Å². The number of hydrogen-bond donors (Lipinski definition) is 0. The predicted octanol–water partition coefficient (Wildman–Crippen LogP) is 12.0. The molecule has 86 heavy (non-hydrogen) atoms. The second kappa shape index (κ2) is 26.0. The van der Waals surface area contributed by atoms with Gasteiger partial charge in [0, 0.05) is 18.7 Å². The number of halogens is 1. The first kappa shape index (κ1) is 69.3. The number of rotatable bonds is 18. The smallest absolute Gasteiger partial charge is 0.490 e. The maximum absolute atomic E-state index is 6.38. The van der Waals surface area contributed by atoms with E-state index in [-0.39, 0.29) is 32.5 Å². The van der Waals surface area contributed by atoms with E-state index >= 15 is 0 Å². The third-order valence-corrected chi connectivity index (χ3v) is 27.6. The summed E-state index contributed by atoms with van der Waals surface area (Å²) in [5.41, 5.74) is 1.72. The zero-order chi connectivity index (χ0) is 63.9. The van der Waals surface area contributed by atoms with E-state index < -0.39 is 49.0 Å². The minimum atomic E-state index is -1.93. The van der Waals surface area contributed by atoms with Crippen LogP contribution in [0, 0.1) is 0 Å². The van der Waals surface area contributed by atoms with Crippen LogP contribution in [0.5, 0.6) is 11.5 Å². The van der Waals surface area contributed by atoms with E-state index in [2.05, 4.69) is 104 Å². The molecule has 470 valence electrons. The molecule has 2 aromatic carbocycles. The first-order valence-corrected chi connectivity index (χ1v) is 36.2. The Balaban J connectivity index is 0.000000196. The van der Waals surface area contributed by atoms with Crippen molar-refractivity contribution in [1.82, 2.24) is 39.5 Å². The highest BCUT2D eigenvalue weighted by atomic mass is 79.9. The fourth-order valence-corrected chi connectivity index (χ4v) is 10.7. The summed E-state index contributed by atoms with van der Waals surface area (Å²) in [6, 6.07) is 7.90. The van der Waals surface area contributed by atoms with Gasteiger partial charge in [-0.1, -0.05) is 57.5 Å². The van der Waals surface area contributed by atoms with Crippen LogP contribution in [-0.4, -0.2) is 152 Å². The lowest BCUT2D eigenvalue weighted by Gasteiger charge is -2.36. The van der Waals surface area contributed by atoms with Crippen LogP contribution in [0.25, 0.3) is 33.4 Å². The summed E-state index contributed by atoms with van der Waals surface area (Å²) in [4.78, 5) is 18.4. The minimum Gasteiger partial charge on any atom is -0.490 e. The lowest BCUT2D eigenvalue weighted by molar-refractivity contribution is 0.00578. The van der Waals surface area contributed by atoms with Crippen LogP contribution >= 0.6 is 15.9 Å². The van der Waals surface area contributed by atoms with Gasteiger partial charge in [-0.3, -0.25) is 9.97 Å². The molecule has 20 nitrogen and oxygen atoms in total. The summed E-state index contributed by atoms with van der Waals surface area (Å²) in [6.07, 6.45) is 10.5. The zero-order valence-electron chi connectivity index (χ0n) is 55.6. The third kappa shape index (κ3) is 15.5. The molecule has 6 aromatic rings. The molecule has 3 aliphatic heterocycles. The van der Waals surface area contributed by atoms with Crippen LogP contribution in [0.1, 0.15) is 136 Å². The van der Waals surface area contributed by atoms with Crippen molar-refractivity contribution in [3.05, 3.63) is 77.3 Å². The molecule has 26 heteroatoms. The Morgan fingerprint density at radius 1 is 0.488 bits per heavy atom. The number of aromatic nitrogens is 8. The highest BCUT2D eigenvalue weighted by molar-refractivity contribution is 9.10. The monoisotopic (exact) mass is 1290 g/mol. The van der Waals surface area contributed by atoms with Crippen molar-refractivity contribution in [3.63, 3.8) is 0 Å². The molecule has 0 amide bonds. The fraction of sp³-hybridized carbons (Fsp3) is 0.633. The topological polar surface area (TPSA) is 198 Å². The van der Waals surface area contributed by atoms with Gasteiger partial charge in [-0.15, -0.1) is 0 Å². The molecule has 9 rings (SSSR count). The normalized spacial score (nSPS) is 18.7. The van der Waals surface area contributed by atoms with Gasteiger partial charge in [0.15, 0.2) is 28.3 Å². The van der Waals surface area contributed by atoms with Crippen LogP contribution in [-0.2, 0) is 59.5 Å². The Hall–Kier alpha value is -4.15. The van der Waals surface area contributed by atoms with Gasteiger partial charge in [-0.2, -0.15) is 10.2 Å². The van der Waals surface area contributed by atoms with Crippen molar-refractivity contribution in [2.24, 2.45) is 0 Å². The number of methoxy groups -OCH3 is 2. The highest BCUT2D eigenvalue weighted by Gasteiger charge is 2.64. The van der Waals surface area contributed by atoms with Crippen LogP contribution in [0.2, 0.25) is 36.3 Å². The molecule has 4 aromatic heterocycles. The first-order chi connectivity index (χ1) is 39.7. The first-order valence-electron chi connectivity index (χ1n) is 29.6. The Morgan fingerprint density at radius 2 is 0.849 bits per heavy atom. The molecule has 0 atom stereocenters. The predicted molar refractivity (Wildman–Crippen MR) is 348 cm³/mol. The van der Waals surface area contributed by atoms with E-state index in [1.165, 1.54) is 0 Å². The number of ether oxygens (including phenoxy) is 4. The second-order valence-electron chi connectivity index (χ2n) is 28.3. The lowest BCUT2D eigenvalue weighted by Crippen LogP contribution is -2.41. The van der Waals surface area contributed by atoms with Gasteiger partial charge >= 0.3 is 21.1 Å². The Morgan fingerprint density at radius 3 is 1.22 bits per heavy atom. The average Bonchev–Trinajstić information content (AvgIpc) is 2.13. The summed E-state index contributed by atoms with van der Waals surface area (Å²) >= 11 is 3.56. The molecule has 3 saturated heterocycles. The lowest BCUT2D eigenvalue weighted by atomic mass is 9.49. The maximum atomic E-state index is 6.38. The van der Waals surface area contributed by atoms with E-state index in [1.54, 1.807) is 60.8 Å². The Labute approximate surface area is 522 Å². The summed E-state index contributed by atoms with van der Waals surface area (Å²) in [5, 5.41) is 11.2. The van der Waals surface area contributed by atoms with Gasteiger partial charge in [-0.25, -0.2) is 19.3 Å². The van der Waals surface area contributed by atoms with E-state index in [0.29, 0.717) is 57.0 Å². The molecule has 0 saturated carbocycles. The zero-order valence-corrected chi connectivity index (χ0v) is 59.2. The molecule has 0 spiro atoms. The van der Waals surface area contributed by atoms with Gasteiger partial charge in [-0.05, 0) is 149 Å². The van der Waals surface area contributed by atoms with Crippen LogP contribution in [0.15, 0.2) is 65.9 Å². The molecule has 3 aliphatic rings. The van der Waals surface area contributed by atoms with Crippen molar-refractivity contribution >= 4 is 81.0 Å². The summed E-state index contributed by atoms with van der Waals surface area (Å²) in [5.74, 6) is 2.67. The average molecular weight is 1290 g/mol. The molecular weight excluding hydrogens is 1190 g/mol. The molecule has 0 unspecified atom stereocenters. The summed E-state index contributed by atoms with van der Waals surface area (Å²) < 4.78 is 75.9. The largest absolute Gasteiger partial charge is 0.495 e. The minimum absolute atomic E-state index is 0.110. The molecule has 7 heterocycles. The number of benzene rings is 2. The Bertz CT molecular complexity index is 3210. The van der Waals surface area contributed by atoms with Gasteiger partial charge in [0.25, 0.3) is 0 Å².